The van der Waals surface area contributed by atoms with Crippen molar-refractivity contribution in [1.82, 2.24) is 5.32 Å². The largest absolute Gasteiger partial charge is 0.394 e. The van der Waals surface area contributed by atoms with Gasteiger partial charge in [-0.2, -0.15) is 0 Å². The first kappa shape index (κ1) is 58.9. The molecule has 0 bridgehead atoms. The van der Waals surface area contributed by atoms with Gasteiger partial charge in [0.05, 0.1) is 25.4 Å². The molecule has 1 aliphatic rings. The Kier molecular flexibility index (Phi) is 41.6. The van der Waals surface area contributed by atoms with Crippen LogP contribution in [0.2, 0.25) is 0 Å². The molecule has 368 valence electrons. The SMILES string of the molecule is CCCCCCCC/C=C/CCCCCCCCCCCCCCCC(=O)N[C@@H](CO[C@H]1O[C@@H](CO)[C@H](O)C(O)C1O)[C@H](O)CCCCCCCCCCCCCCCCCC. The van der Waals surface area contributed by atoms with Crippen molar-refractivity contribution in [3.63, 3.8) is 0 Å². The van der Waals surface area contributed by atoms with Crippen molar-refractivity contribution in [2.75, 3.05) is 13.2 Å². The van der Waals surface area contributed by atoms with Gasteiger partial charge in [-0.3, -0.25) is 4.79 Å². The summed E-state index contributed by atoms with van der Waals surface area (Å²) in [4.78, 5) is 13.0. The summed E-state index contributed by atoms with van der Waals surface area (Å²) in [7, 11) is 0. The van der Waals surface area contributed by atoms with Gasteiger partial charge >= 0.3 is 0 Å². The number of ether oxygens (including phenoxy) is 2. The van der Waals surface area contributed by atoms with Gasteiger partial charge < -0.3 is 40.3 Å². The minimum absolute atomic E-state index is 0.133. The number of allylic oxidation sites excluding steroid dienone is 2. The van der Waals surface area contributed by atoms with Gasteiger partial charge in [0.2, 0.25) is 5.91 Å². The van der Waals surface area contributed by atoms with Crippen molar-refractivity contribution in [1.29, 1.82) is 0 Å². The van der Waals surface area contributed by atoms with E-state index in [1.165, 1.54) is 199 Å². The van der Waals surface area contributed by atoms with E-state index < -0.39 is 49.5 Å². The molecule has 0 aliphatic carbocycles. The third-order valence-corrected chi connectivity index (χ3v) is 13.1. The van der Waals surface area contributed by atoms with Crippen LogP contribution in [0.15, 0.2) is 12.2 Å². The average molecular weight is 882 g/mol. The number of amides is 1. The van der Waals surface area contributed by atoms with Crippen LogP contribution in [0.5, 0.6) is 0 Å². The van der Waals surface area contributed by atoms with E-state index in [2.05, 4.69) is 31.3 Å². The topological polar surface area (TPSA) is 149 Å². The quantitative estimate of drug-likeness (QED) is 0.0261. The fraction of sp³-hybridized carbons (Fsp3) is 0.943. The number of hydrogen-bond acceptors (Lipinski definition) is 8. The monoisotopic (exact) mass is 882 g/mol. The van der Waals surface area contributed by atoms with E-state index in [0.717, 1.165) is 38.5 Å². The van der Waals surface area contributed by atoms with Crippen molar-refractivity contribution in [3.8, 4) is 0 Å². The minimum Gasteiger partial charge on any atom is -0.394 e. The third kappa shape index (κ3) is 33.4. The average Bonchev–Trinajstić information content (AvgIpc) is 3.27. The number of aliphatic hydroxyl groups is 5. The van der Waals surface area contributed by atoms with Gasteiger partial charge in [0, 0.05) is 6.42 Å². The Morgan fingerprint density at radius 1 is 0.532 bits per heavy atom. The molecule has 9 heteroatoms. The van der Waals surface area contributed by atoms with Gasteiger partial charge in [0.1, 0.15) is 24.4 Å². The van der Waals surface area contributed by atoms with Crippen molar-refractivity contribution in [2.45, 2.75) is 307 Å². The summed E-state index contributed by atoms with van der Waals surface area (Å²) < 4.78 is 11.3. The lowest BCUT2D eigenvalue weighted by Crippen LogP contribution is -2.60. The Morgan fingerprint density at radius 2 is 0.903 bits per heavy atom. The van der Waals surface area contributed by atoms with E-state index in [1.54, 1.807) is 0 Å². The van der Waals surface area contributed by atoms with Crippen molar-refractivity contribution in [2.24, 2.45) is 0 Å². The molecule has 1 heterocycles. The fourth-order valence-corrected chi connectivity index (χ4v) is 8.80. The molecule has 7 atom stereocenters. The van der Waals surface area contributed by atoms with E-state index >= 15 is 0 Å². The zero-order valence-electron chi connectivity index (χ0n) is 40.6. The molecule has 1 amide bonds. The number of hydrogen-bond donors (Lipinski definition) is 6. The molecular weight excluding hydrogens is 779 g/mol. The van der Waals surface area contributed by atoms with Crippen LogP contribution in [0.4, 0.5) is 0 Å². The first-order valence-electron chi connectivity index (χ1n) is 26.9. The van der Waals surface area contributed by atoms with Gasteiger partial charge in [-0.05, 0) is 38.5 Å². The van der Waals surface area contributed by atoms with Crippen molar-refractivity contribution >= 4 is 5.91 Å². The number of aliphatic hydroxyl groups excluding tert-OH is 5. The summed E-state index contributed by atoms with van der Waals surface area (Å²) >= 11 is 0. The lowest BCUT2D eigenvalue weighted by atomic mass is 9.99. The molecule has 2 unspecified atom stereocenters. The first-order valence-corrected chi connectivity index (χ1v) is 26.9. The highest BCUT2D eigenvalue weighted by Gasteiger charge is 2.44. The van der Waals surface area contributed by atoms with Gasteiger partial charge in [-0.1, -0.05) is 231 Å². The zero-order chi connectivity index (χ0) is 45.1. The number of rotatable bonds is 46. The second-order valence-corrected chi connectivity index (χ2v) is 19.0. The maximum absolute atomic E-state index is 13.0. The second-order valence-electron chi connectivity index (χ2n) is 19.0. The highest BCUT2D eigenvalue weighted by atomic mass is 16.7. The lowest BCUT2D eigenvalue weighted by Gasteiger charge is -2.40. The van der Waals surface area contributed by atoms with Crippen LogP contribution in [0.3, 0.4) is 0 Å². The van der Waals surface area contributed by atoms with E-state index in [0.29, 0.717) is 12.8 Å². The van der Waals surface area contributed by atoms with Gasteiger partial charge in [-0.25, -0.2) is 0 Å². The number of carbonyl (C=O) groups excluding carboxylic acids is 1. The Labute approximate surface area is 382 Å². The molecular formula is C53H103NO8. The molecule has 1 saturated heterocycles. The molecule has 0 saturated carbocycles. The van der Waals surface area contributed by atoms with E-state index in [9.17, 15) is 30.3 Å². The van der Waals surface area contributed by atoms with Gasteiger partial charge in [0.25, 0.3) is 0 Å². The number of unbranched alkanes of at least 4 members (excludes halogenated alkanes) is 34. The van der Waals surface area contributed by atoms with Gasteiger partial charge in [0.15, 0.2) is 6.29 Å². The Morgan fingerprint density at radius 3 is 1.31 bits per heavy atom. The third-order valence-electron chi connectivity index (χ3n) is 13.1. The van der Waals surface area contributed by atoms with Gasteiger partial charge in [-0.15, -0.1) is 0 Å². The smallest absolute Gasteiger partial charge is 0.220 e. The molecule has 0 radical (unpaired) electrons. The summed E-state index contributed by atoms with van der Waals surface area (Å²) in [6.07, 6.45) is 45.1. The molecule has 0 aromatic rings. The van der Waals surface area contributed by atoms with Crippen LogP contribution >= 0.6 is 0 Å². The zero-order valence-corrected chi connectivity index (χ0v) is 40.6. The maximum Gasteiger partial charge on any atom is 0.220 e. The van der Waals surface area contributed by atoms with Crippen LogP contribution in [0.25, 0.3) is 0 Å². The molecule has 1 fully saturated rings. The Balaban J connectivity index is 2.22. The number of nitrogens with one attached hydrogen (secondary N) is 1. The summed E-state index contributed by atoms with van der Waals surface area (Å²) in [5, 5.41) is 54.6. The lowest BCUT2D eigenvalue weighted by molar-refractivity contribution is -0.302. The standard InChI is InChI=1S/C53H103NO8/c1-3-5-7-9-11-13-15-17-19-21-22-23-24-25-26-27-29-31-33-35-37-39-41-43-49(57)54-46(45-61-53-52(60)51(59)50(58)48(44-55)62-53)47(56)42-40-38-36-34-32-30-28-20-18-16-14-12-10-8-6-4-2/h17,19,46-48,50-53,55-56,58-60H,3-16,18,20-45H2,1-2H3,(H,54,57)/b19-17+/t46-,47+,48-,50-,51?,52?,53-/m0/s1. The van der Waals surface area contributed by atoms with Crippen molar-refractivity contribution < 1.29 is 39.8 Å². The summed E-state index contributed by atoms with van der Waals surface area (Å²) in [6.45, 7) is 3.86. The molecule has 6 N–H and O–H groups in total. The second kappa shape index (κ2) is 43.8. The van der Waals surface area contributed by atoms with Crippen LogP contribution in [0.1, 0.15) is 264 Å². The highest BCUT2D eigenvalue weighted by molar-refractivity contribution is 5.76. The molecule has 9 nitrogen and oxygen atoms in total. The molecule has 1 rings (SSSR count). The molecule has 0 aromatic heterocycles. The van der Waals surface area contributed by atoms with E-state index in [1.807, 2.05) is 0 Å². The van der Waals surface area contributed by atoms with Crippen LogP contribution in [0, 0.1) is 0 Å². The highest BCUT2D eigenvalue weighted by Crippen LogP contribution is 2.23. The minimum atomic E-state index is -1.55. The van der Waals surface area contributed by atoms with E-state index in [4.69, 9.17) is 9.47 Å². The fourth-order valence-electron chi connectivity index (χ4n) is 8.80. The molecule has 0 aromatic carbocycles. The predicted octanol–water partition coefficient (Wildman–Crippen LogP) is 12.5. The molecule has 0 spiro atoms. The summed E-state index contributed by atoms with van der Waals surface area (Å²) in [6, 6.07) is -0.715. The maximum atomic E-state index is 13.0. The Bertz CT molecular complexity index is 981. The van der Waals surface area contributed by atoms with Crippen LogP contribution < -0.4 is 5.32 Å². The molecule has 1 aliphatic heterocycles. The Hall–Kier alpha value is -1.07. The normalized spacial score (nSPS) is 20.3. The first-order chi connectivity index (χ1) is 30.3. The van der Waals surface area contributed by atoms with Crippen LogP contribution in [-0.4, -0.2) is 87.5 Å². The van der Waals surface area contributed by atoms with E-state index in [-0.39, 0.29) is 12.5 Å². The summed E-state index contributed by atoms with van der Waals surface area (Å²) in [5.74, 6) is -0.140. The molecule has 62 heavy (non-hydrogen) atoms. The van der Waals surface area contributed by atoms with Crippen LogP contribution in [-0.2, 0) is 14.3 Å². The van der Waals surface area contributed by atoms with Crippen molar-refractivity contribution in [3.05, 3.63) is 12.2 Å². The predicted molar refractivity (Wildman–Crippen MR) is 258 cm³/mol. The number of carbonyl (C=O) groups is 1. The summed E-state index contributed by atoms with van der Waals surface area (Å²) in [5.41, 5.74) is 0.